The fraction of sp³-hybridized carbons (Fsp3) is 0.286. The zero-order valence-corrected chi connectivity index (χ0v) is 11.4. The Morgan fingerprint density at radius 2 is 1.60 bits per heavy atom. The summed E-state index contributed by atoms with van der Waals surface area (Å²) < 4.78 is 5.02. The monoisotopic (exact) mass is 275 g/mol. The number of carbonyl (C=O) groups is 2. The van der Waals surface area contributed by atoms with Crippen LogP contribution in [0.15, 0.2) is 24.3 Å². The molecule has 0 fully saturated rings. The Labute approximate surface area is 117 Å². The van der Waals surface area contributed by atoms with Gasteiger partial charge in [0.15, 0.2) is 0 Å². The first-order valence-electron chi connectivity index (χ1n) is 6.05. The van der Waals surface area contributed by atoms with E-state index in [0.717, 1.165) is 0 Å². The van der Waals surface area contributed by atoms with Crippen LogP contribution in [-0.4, -0.2) is 23.3 Å². The summed E-state index contributed by atoms with van der Waals surface area (Å²) in [4.78, 5) is 22.8. The summed E-state index contributed by atoms with van der Waals surface area (Å²) in [6.45, 7) is 3.10. The van der Waals surface area contributed by atoms with Crippen molar-refractivity contribution in [1.82, 2.24) is 0 Å². The molecular formula is C14H17N3O3. The molecule has 20 heavy (non-hydrogen) atoms. The molecule has 0 heterocycles. The summed E-state index contributed by atoms with van der Waals surface area (Å²) in [7, 11) is 0. The molecule has 0 aliphatic heterocycles. The van der Waals surface area contributed by atoms with E-state index >= 15 is 0 Å². The van der Waals surface area contributed by atoms with Gasteiger partial charge in [-0.3, -0.25) is 9.59 Å². The summed E-state index contributed by atoms with van der Waals surface area (Å²) in [5, 5.41) is 17.0. The van der Waals surface area contributed by atoms with E-state index < -0.39 is 5.97 Å². The number of carbonyl (C=O) groups excluding carboxylic acids is 2. The molecule has 1 amide bonds. The van der Waals surface area contributed by atoms with Crippen LogP contribution < -0.4 is 10.1 Å². The van der Waals surface area contributed by atoms with Crippen molar-refractivity contribution in [2.75, 3.05) is 5.32 Å². The second-order valence-corrected chi connectivity index (χ2v) is 4.46. The number of amides is 1. The molecule has 1 rings (SSSR count). The third-order valence-electron chi connectivity index (χ3n) is 2.20. The standard InChI is InChI=1S/C14H17N3O3/c1-9(15)7-13(18)17-11-3-5-12(6-4-11)20-14(19)8-10(2)16/h3-6,15-16H,7-8H2,1-2H3,(H,17,18). The maximum atomic E-state index is 11.4. The molecule has 0 aliphatic carbocycles. The number of ether oxygens (including phenoxy) is 1. The molecule has 0 saturated carbocycles. The van der Waals surface area contributed by atoms with E-state index in [9.17, 15) is 9.59 Å². The number of nitrogens with one attached hydrogen (secondary N) is 3. The van der Waals surface area contributed by atoms with Gasteiger partial charge in [0.05, 0.1) is 12.8 Å². The topological polar surface area (TPSA) is 103 Å². The number of hydrogen-bond acceptors (Lipinski definition) is 5. The van der Waals surface area contributed by atoms with Crippen molar-refractivity contribution < 1.29 is 14.3 Å². The fourth-order valence-electron chi connectivity index (χ4n) is 1.44. The zero-order valence-electron chi connectivity index (χ0n) is 11.4. The Bertz CT molecular complexity index is 486. The summed E-state index contributed by atoms with van der Waals surface area (Å²) in [6, 6.07) is 6.34. The van der Waals surface area contributed by atoms with Gasteiger partial charge in [-0.1, -0.05) is 0 Å². The van der Waals surface area contributed by atoms with Gasteiger partial charge in [0.1, 0.15) is 5.75 Å². The zero-order chi connectivity index (χ0) is 15.1. The van der Waals surface area contributed by atoms with Crippen molar-refractivity contribution >= 4 is 29.0 Å². The number of hydrogen-bond donors (Lipinski definition) is 3. The van der Waals surface area contributed by atoms with Crippen LogP contribution in [0.2, 0.25) is 0 Å². The first-order chi connectivity index (χ1) is 9.36. The van der Waals surface area contributed by atoms with Crippen molar-refractivity contribution in [3.05, 3.63) is 24.3 Å². The van der Waals surface area contributed by atoms with Crippen LogP contribution in [-0.2, 0) is 9.59 Å². The average molecular weight is 275 g/mol. The molecule has 1 aromatic carbocycles. The Hall–Kier alpha value is -2.50. The summed E-state index contributed by atoms with van der Waals surface area (Å²) in [5.74, 6) is -0.395. The minimum Gasteiger partial charge on any atom is -0.426 e. The Morgan fingerprint density at radius 3 is 2.10 bits per heavy atom. The molecule has 0 aliphatic rings. The van der Waals surface area contributed by atoms with Crippen LogP contribution in [0.4, 0.5) is 5.69 Å². The third kappa shape index (κ3) is 5.90. The highest BCUT2D eigenvalue weighted by Gasteiger charge is 2.07. The molecule has 106 valence electrons. The molecule has 1 aromatic rings. The van der Waals surface area contributed by atoms with Gasteiger partial charge in [0.2, 0.25) is 5.91 Å². The maximum absolute atomic E-state index is 11.4. The third-order valence-corrected chi connectivity index (χ3v) is 2.20. The van der Waals surface area contributed by atoms with E-state index in [4.69, 9.17) is 15.6 Å². The van der Waals surface area contributed by atoms with Crippen molar-refractivity contribution in [3.63, 3.8) is 0 Å². The molecule has 0 unspecified atom stereocenters. The Morgan fingerprint density at radius 1 is 1.05 bits per heavy atom. The normalized spacial score (nSPS) is 9.70. The van der Waals surface area contributed by atoms with Gasteiger partial charge in [-0.2, -0.15) is 0 Å². The molecular weight excluding hydrogens is 258 g/mol. The number of benzene rings is 1. The van der Waals surface area contributed by atoms with Gasteiger partial charge in [0.25, 0.3) is 0 Å². The molecule has 0 atom stereocenters. The van der Waals surface area contributed by atoms with Crippen LogP contribution in [0.5, 0.6) is 5.75 Å². The first-order valence-corrected chi connectivity index (χ1v) is 6.05. The average Bonchev–Trinajstić information content (AvgIpc) is 2.29. The quantitative estimate of drug-likeness (QED) is 0.422. The SMILES string of the molecule is CC(=N)CC(=O)Nc1ccc(OC(=O)CC(C)=N)cc1. The predicted octanol–water partition coefficient (Wildman–Crippen LogP) is 2.39. The fourth-order valence-corrected chi connectivity index (χ4v) is 1.44. The molecule has 6 heteroatoms. The Balaban J connectivity index is 2.56. The minimum atomic E-state index is -0.492. The van der Waals surface area contributed by atoms with Crippen molar-refractivity contribution in [2.45, 2.75) is 26.7 Å². The van der Waals surface area contributed by atoms with Crippen LogP contribution in [0.1, 0.15) is 26.7 Å². The van der Waals surface area contributed by atoms with E-state index in [2.05, 4.69) is 5.32 Å². The second-order valence-electron chi connectivity index (χ2n) is 4.46. The highest BCUT2D eigenvalue weighted by Crippen LogP contribution is 2.16. The lowest BCUT2D eigenvalue weighted by Gasteiger charge is -2.07. The van der Waals surface area contributed by atoms with Gasteiger partial charge >= 0.3 is 5.97 Å². The van der Waals surface area contributed by atoms with Crippen LogP contribution in [0, 0.1) is 10.8 Å². The minimum absolute atomic E-state index is 0.0445. The van der Waals surface area contributed by atoms with E-state index in [1.807, 2.05) is 0 Å². The molecule has 0 aromatic heterocycles. The van der Waals surface area contributed by atoms with Gasteiger partial charge in [-0.25, -0.2) is 0 Å². The summed E-state index contributed by atoms with van der Waals surface area (Å²) in [6.07, 6.45) is 0.00640. The molecule has 0 bridgehead atoms. The van der Waals surface area contributed by atoms with Gasteiger partial charge in [-0.05, 0) is 38.1 Å². The molecule has 0 saturated heterocycles. The van der Waals surface area contributed by atoms with Crippen molar-refractivity contribution in [2.24, 2.45) is 0 Å². The number of esters is 1. The molecule has 0 radical (unpaired) electrons. The summed E-state index contributed by atoms with van der Waals surface area (Å²) in [5.41, 5.74) is 1.09. The lowest BCUT2D eigenvalue weighted by Crippen LogP contribution is -2.14. The van der Waals surface area contributed by atoms with E-state index in [0.29, 0.717) is 11.4 Å². The van der Waals surface area contributed by atoms with Gasteiger partial charge in [-0.15, -0.1) is 0 Å². The number of rotatable bonds is 6. The number of anilines is 1. The van der Waals surface area contributed by atoms with E-state index in [1.54, 1.807) is 31.2 Å². The molecule has 0 spiro atoms. The molecule has 3 N–H and O–H groups in total. The maximum Gasteiger partial charge on any atom is 0.316 e. The highest BCUT2D eigenvalue weighted by molar-refractivity contribution is 6.04. The van der Waals surface area contributed by atoms with Crippen LogP contribution >= 0.6 is 0 Å². The van der Waals surface area contributed by atoms with Crippen LogP contribution in [0.3, 0.4) is 0 Å². The highest BCUT2D eigenvalue weighted by atomic mass is 16.5. The largest absolute Gasteiger partial charge is 0.426 e. The van der Waals surface area contributed by atoms with E-state index in [1.165, 1.54) is 6.92 Å². The first kappa shape index (κ1) is 15.6. The van der Waals surface area contributed by atoms with Gasteiger partial charge < -0.3 is 20.9 Å². The van der Waals surface area contributed by atoms with Gasteiger partial charge in [0, 0.05) is 17.1 Å². The predicted molar refractivity (Wildman–Crippen MR) is 76.7 cm³/mol. The van der Waals surface area contributed by atoms with E-state index in [-0.39, 0.29) is 30.2 Å². The summed E-state index contributed by atoms with van der Waals surface area (Å²) >= 11 is 0. The molecule has 6 nitrogen and oxygen atoms in total. The van der Waals surface area contributed by atoms with Crippen molar-refractivity contribution in [1.29, 1.82) is 10.8 Å². The lowest BCUT2D eigenvalue weighted by atomic mass is 10.2. The second kappa shape index (κ2) is 7.18. The Kier molecular flexibility index (Phi) is 5.58. The lowest BCUT2D eigenvalue weighted by molar-refractivity contribution is -0.133. The van der Waals surface area contributed by atoms with Crippen LogP contribution in [0.25, 0.3) is 0 Å². The smallest absolute Gasteiger partial charge is 0.316 e. The van der Waals surface area contributed by atoms with Crippen molar-refractivity contribution in [3.8, 4) is 5.75 Å².